The molecule has 0 spiro atoms. The van der Waals surface area contributed by atoms with Crippen LogP contribution < -0.4 is 0 Å². The van der Waals surface area contributed by atoms with Crippen LogP contribution in [0.3, 0.4) is 0 Å². The molecular weight excluding hydrogens is 352 g/mol. The van der Waals surface area contributed by atoms with Crippen molar-refractivity contribution >= 4 is 11.9 Å². The Kier molecular flexibility index (Phi) is 6.86. The van der Waals surface area contributed by atoms with E-state index in [-0.39, 0.29) is 18.5 Å². The van der Waals surface area contributed by atoms with Crippen LogP contribution in [0.25, 0.3) is 0 Å². The predicted octanol–water partition coefficient (Wildman–Crippen LogP) is 4.65. The molecule has 0 saturated heterocycles. The van der Waals surface area contributed by atoms with E-state index in [2.05, 4.69) is 11.8 Å². The van der Waals surface area contributed by atoms with Crippen LogP contribution in [0.4, 0.5) is 0 Å². The normalized spacial score (nSPS) is 14.5. The Bertz CT molecular complexity index is 904. The van der Waals surface area contributed by atoms with Crippen LogP contribution in [-0.4, -0.2) is 17.0 Å². The van der Waals surface area contributed by atoms with Gasteiger partial charge in [0.1, 0.15) is 6.10 Å². The zero-order valence-electron chi connectivity index (χ0n) is 15.8. The first-order valence-corrected chi connectivity index (χ1v) is 9.73. The van der Waals surface area contributed by atoms with Gasteiger partial charge in [-0.3, -0.25) is 9.59 Å². The van der Waals surface area contributed by atoms with Crippen molar-refractivity contribution in [3.63, 3.8) is 0 Å². The van der Waals surface area contributed by atoms with Crippen LogP contribution in [0.5, 0.6) is 0 Å². The molecule has 0 aromatic heterocycles. The fraction of sp³-hybridized carbons (Fsp3) is 0.333. The number of fused-ring (bicyclic) bond motifs is 2. The molecule has 1 aliphatic rings. The highest BCUT2D eigenvalue weighted by atomic mass is 16.5. The molecule has 4 heteroatoms. The molecule has 1 unspecified atom stereocenters. The van der Waals surface area contributed by atoms with Gasteiger partial charge in [-0.05, 0) is 30.5 Å². The number of carboxylic acid groups (broad SMARTS) is 1. The van der Waals surface area contributed by atoms with Crippen molar-refractivity contribution in [1.29, 1.82) is 0 Å². The molecule has 0 amide bonds. The van der Waals surface area contributed by atoms with E-state index in [9.17, 15) is 9.59 Å². The average Bonchev–Trinajstić information content (AvgIpc) is 2.68. The third kappa shape index (κ3) is 5.47. The molecule has 0 heterocycles. The third-order valence-corrected chi connectivity index (χ3v) is 4.86. The topological polar surface area (TPSA) is 63.6 Å². The highest BCUT2D eigenvalue weighted by molar-refractivity contribution is 5.70. The Morgan fingerprint density at radius 1 is 0.893 bits per heavy atom. The van der Waals surface area contributed by atoms with E-state index in [4.69, 9.17) is 9.84 Å². The van der Waals surface area contributed by atoms with E-state index in [1.54, 1.807) is 0 Å². The van der Waals surface area contributed by atoms with E-state index < -0.39 is 5.97 Å². The minimum absolute atomic E-state index is 0.184. The number of hydrogen-bond acceptors (Lipinski definition) is 3. The van der Waals surface area contributed by atoms with E-state index in [0.717, 1.165) is 35.1 Å². The summed E-state index contributed by atoms with van der Waals surface area (Å²) in [5, 5.41) is 8.65. The number of carbonyl (C=O) groups is 2. The average molecular weight is 376 g/mol. The second kappa shape index (κ2) is 9.75. The molecule has 28 heavy (non-hydrogen) atoms. The summed E-state index contributed by atoms with van der Waals surface area (Å²) >= 11 is 0. The Balaban J connectivity index is 1.64. The molecule has 0 aliphatic heterocycles. The molecule has 0 radical (unpaired) electrons. The highest BCUT2D eigenvalue weighted by Crippen LogP contribution is 2.29. The number of carboxylic acids is 1. The molecule has 144 valence electrons. The monoisotopic (exact) mass is 376 g/mol. The first-order valence-electron chi connectivity index (χ1n) is 9.73. The summed E-state index contributed by atoms with van der Waals surface area (Å²) in [6.07, 6.45) is 3.78. The fourth-order valence-corrected chi connectivity index (χ4v) is 3.38. The largest absolute Gasteiger partial charge is 0.481 e. The first kappa shape index (κ1) is 19.7. The molecule has 1 aliphatic carbocycles. The van der Waals surface area contributed by atoms with Gasteiger partial charge in [0, 0.05) is 36.0 Å². The number of unbranched alkanes of at least 4 members (excludes halogenated alkanes) is 3. The lowest BCUT2D eigenvalue weighted by Crippen LogP contribution is -2.16. The van der Waals surface area contributed by atoms with Gasteiger partial charge >= 0.3 is 11.9 Å². The molecule has 2 aromatic carbocycles. The standard InChI is InChI=1S/C24H24O4/c25-23(26)13-3-1-2-4-14-24(27)28-22-17-20-11-6-5-9-18(20)15-16-19-10-7-8-12-21(19)22/h5-12,22H,1-4,13-14,17H2,(H,25,26). The van der Waals surface area contributed by atoms with Gasteiger partial charge in [-0.1, -0.05) is 61.1 Å². The van der Waals surface area contributed by atoms with Crippen molar-refractivity contribution in [2.75, 3.05) is 0 Å². The van der Waals surface area contributed by atoms with Gasteiger partial charge in [-0.15, -0.1) is 0 Å². The SMILES string of the molecule is O=C(O)CCCCCCC(=O)OC1Cc2ccccc2C#Cc2ccccc21. The molecular formula is C24H24O4. The van der Waals surface area contributed by atoms with Gasteiger partial charge in [0.05, 0.1) is 0 Å². The van der Waals surface area contributed by atoms with Crippen molar-refractivity contribution < 1.29 is 19.4 Å². The van der Waals surface area contributed by atoms with Crippen molar-refractivity contribution in [1.82, 2.24) is 0 Å². The lowest BCUT2D eigenvalue weighted by Gasteiger charge is -2.22. The lowest BCUT2D eigenvalue weighted by molar-refractivity contribution is -0.149. The summed E-state index contributed by atoms with van der Waals surface area (Å²) in [5.41, 5.74) is 3.88. The quantitative estimate of drug-likeness (QED) is 0.414. The van der Waals surface area contributed by atoms with Crippen LogP contribution >= 0.6 is 0 Å². The molecule has 2 aromatic rings. The van der Waals surface area contributed by atoms with Gasteiger partial charge < -0.3 is 9.84 Å². The molecule has 0 fully saturated rings. The lowest BCUT2D eigenvalue weighted by atomic mass is 9.92. The fourth-order valence-electron chi connectivity index (χ4n) is 3.38. The number of ether oxygens (including phenoxy) is 1. The molecule has 0 bridgehead atoms. The second-order valence-corrected chi connectivity index (χ2v) is 6.98. The van der Waals surface area contributed by atoms with Crippen molar-refractivity contribution in [3.8, 4) is 11.8 Å². The number of rotatable bonds is 8. The van der Waals surface area contributed by atoms with Crippen LogP contribution in [0.2, 0.25) is 0 Å². The van der Waals surface area contributed by atoms with E-state index >= 15 is 0 Å². The molecule has 0 saturated carbocycles. The third-order valence-electron chi connectivity index (χ3n) is 4.86. The first-order chi connectivity index (χ1) is 13.6. The van der Waals surface area contributed by atoms with Crippen LogP contribution in [-0.2, 0) is 20.7 Å². The maximum absolute atomic E-state index is 12.4. The number of aliphatic carboxylic acids is 1. The summed E-state index contributed by atoms with van der Waals surface area (Å²) < 4.78 is 5.85. The summed E-state index contributed by atoms with van der Waals surface area (Å²) in [6.45, 7) is 0. The van der Waals surface area contributed by atoms with E-state index in [1.807, 2.05) is 48.5 Å². The summed E-state index contributed by atoms with van der Waals surface area (Å²) in [6, 6.07) is 15.8. The number of carbonyl (C=O) groups excluding carboxylic acids is 1. The Labute approximate surface area is 165 Å². The smallest absolute Gasteiger partial charge is 0.306 e. The second-order valence-electron chi connectivity index (χ2n) is 6.98. The summed E-state index contributed by atoms with van der Waals surface area (Å²) in [7, 11) is 0. The molecule has 1 atom stereocenters. The predicted molar refractivity (Wildman–Crippen MR) is 107 cm³/mol. The van der Waals surface area contributed by atoms with Gasteiger partial charge in [0.15, 0.2) is 0 Å². The number of benzene rings is 2. The molecule has 3 rings (SSSR count). The maximum Gasteiger partial charge on any atom is 0.306 e. The highest BCUT2D eigenvalue weighted by Gasteiger charge is 2.22. The van der Waals surface area contributed by atoms with Crippen LogP contribution in [0.1, 0.15) is 66.9 Å². The Morgan fingerprint density at radius 3 is 2.32 bits per heavy atom. The number of esters is 1. The van der Waals surface area contributed by atoms with E-state index in [0.29, 0.717) is 25.7 Å². The molecule has 1 N–H and O–H groups in total. The molecule has 4 nitrogen and oxygen atoms in total. The van der Waals surface area contributed by atoms with Crippen molar-refractivity contribution in [2.24, 2.45) is 0 Å². The van der Waals surface area contributed by atoms with Gasteiger partial charge in [-0.25, -0.2) is 0 Å². The minimum Gasteiger partial charge on any atom is -0.481 e. The number of hydrogen-bond donors (Lipinski definition) is 1. The Morgan fingerprint density at radius 2 is 1.54 bits per heavy atom. The maximum atomic E-state index is 12.4. The van der Waals surface area contributed by atoms with Crippen LogP contribution in [0, 0.1) is 11.8 Å². The zero-order valence-corrected chi connectivity index (χ0v) is 15.8. The Hall–Kier alpha value is -3.06. The van der Waals surface area contributed by atoms with E-state index in [1.165, 1.54) is 0 Å². The van der Waals surface area contributed by atoms with Gasteiger partial charge in [-0.2, -0.15) is 0 Å². The van der Waals surface area contributed by atoms with Crippen molar-refractivity contribution in [3.05, 3.63) is 70.8 Å². The minimum atomic E-state index is -0.772. The van der Waals surface area contributed by atoms with Crippen LogP contribution in [0.15, 0.2) is 48.5 Å². The zero-order chi connectivity index (χ0) is 19.8. The summed E-state index contributed by atoms with van der Waals surface area (Å²) in [4.78, 5) is 22.9. The van der Waals surface area contributed by atoms with Gasteiger partial charge in [0.2, 0.25) is 0 Å². The van der Waals surface area contributed by atoms with Crippen molar-refractivity contribution in [2.45, 2.75) is 51.0 Å². The summed E-state index contributed by atoms with van der Waals surface area (Å²) in [5.74, 6) is 5.44. The van der Waals surface area contributed by atoms with Gasteiger partial charge in [0.25, 0.3) is 0 Å².